The second-order valence-corrected chi connectivity index (χ2v) is 10.8. The van der Waals surface area contributed by atoms with Crippen molar-refractivity contribution in [3.05, 3.63) is 53.5 Å². The zero-order valence-corrected chi connectivity index (χ0v) is 16.0. The molecule has 25 heavy (non-hydrogen) atoms. The normalized spacial score (nSPS) is 12.8. The van der Waals surface area contributed by atoms with Gasteiger partial charge in [0, 0.05) is 13.3 Å². The second kappa shape index (κ2) is 6.49. The Hall–Kier alpha value is -1.81. The van der Waals surface area contributed by atoms with Crippen molar-refractivity contribution in [2.45, 2.75) is 16.3 Å². The van der Waals surface area contributed by atoms with Gasteiger partial charge in [0.1, 0.15) is 5.01 Å². The smallest absolute Gasteiger partial charge is 0.240 e. The van der Waals surface area contributed by atoms with E-state index in [1.807, 2.05) is 24.3 Å². The number of hydrogen-bond acceptors (Lipinski definition) is 6. The summed E-state index contributed by atoms with van der Waals surface area (Å²) in [5.74, 6) is 0. The maximum atomic E-state index is 12.7. The fourth-order valence-electron chi connectivity index (χ4n) is 2.31. The van der Waals surface area contributed by atoms with E-state index < -0.39 is 19.9 Å². The van der Waals surface area contributed by atoms with Crippen molar-refractivity contribution < 1.29 is 16.8 Å². The first-order valence-electron chi connectivity index (χ1n) is 7.29. The lowest BCUT2D eigenvalue weighted by Gasteiger charge is -2.16. The van der Waals surface area contributed by atoms with Gasteiger partial charge in [0.25, 0.3) is 0 Å². The van der Waals surface area contributed by atoms with Crippen molar-refractivity contribution in [3.63, 3.8) is 0 Å². The van der Waals surface area contributed by atoms with Gasteiger partial charge in [-0.1, -0.05) is 18.2 Å². The molecule has 0 saturated heterocycles. The Kier molecular flexibility index (Phi) is 4.67. The maximum Gasteiger partial charge on any atom is 0.243 e. The highest BCUT2D eigenvalue weighted by molar-refractivity contribution is 7.91. The van der Waals surface area contributed by atoms with E-state index in [4.69, 9.17) is 0 Å². The predicted molar refractivity (Wildman–Crippen MR) is 97.8 cm³/mol. The van der Waals surface area contributed by atoms with Crippen LogP contribution in [0.5, 0.6) is 0 Å². The van der Waals surface area contributed by atoms with Gasteiger partial charge >= 0.3 is 0 Å². The predicted octanol–water partition coefficient (Wildman–Crippen LogP) is 2.52. The third-order valence-electron chi connectivity index (χ3n) is 3.64. The highest BCUT2D eigenvalue weighted by atomic mass is 32.2. The summed E-state index contributed by atoms with van der Waals surface area (Å²) in [6.07, 6.45) is 1.05. The van der Waals surface area contributed by atoms with E-state index in [9.17, 15) is 16.8 Å². The van der Waals surface area contributed by atoms with Crippen molar-refractivity contribution >= 4 is 41.4 Å². The zero-order valence-electron chi connectivity index (χ0n) is 13.6. The van der Waals surface area contributed by atoms with Crippen LogP contribution in [0, 0.1) is 0 Å². The van der Waals surface area contributed by atoms with E-state index in [0.717, 1.165) is 16.5 Å². The van der Waals surface area contributed by atoms with Crippen molar-refractivity contribution in [2.75, 3.05) is 13.3 Å². The van der Waals surface area contributed by atoms with Crippen molar-refractivity contribution in [1.82, 2.24) is 9.29 Å². The Morgan fingerprint density at radius 1 is 1.00 bits per heavy atom. The van der Waals surface area contributed by atoms with Crippen LogP contribution < -0.4 is 0 Å². The fraction of sp³-hybridized carbons (Fsp3) is 0.188. The van der Waals surface area contributed by atoms with Crippen LogP contribution in [0.25, 0.3) is 10.2 Å². The molecule has 132 valence electrons. The highest BCUT2D eigenvalue weighted by Gasteiger charge is 2.23. The third-order valence-corrected chi connectivity index (χ3v) is 7.57. The van der Waals surface area contributed by atoms with Crippen LogP contribution in [0.3, 0.4) is 0 Å². The molecule has 0 saturated carbocycles. The minimum atomic E-state index is -3.82. The summed E-state index contributed by atoms with van der Waals surface area (Å²) in [6, 6.07) is 13.0. The summed E-state index contributed by atoms with van der Waals surface area (Å²) in [6.45, 7) is 0.116. The number of hydrogen-bond donors (Lipinski definition) is 0. The monoisotopic (exact) mass is 396 g/mol. The molecule has 0 amide bonds. The molecule has 9 heteroatoms. The number of benzene rings is 2. The summed E-state index contributed by atoms with van der Waals surface area (Å²) < 4.78 is 50.9. The van der Waals surface area contributed by atoms with E-state index in [0.29, 0.717) is 5.01 Å². The second-order valence-electron chi connectivity index (χ2n) is 5.58. The van der Waals surface area contributed by atoms with Crippen LogP contribution in [0.1, 0.15) is 5.01 Å². The van der Waals surface area contributed by atoms with Gasteiger partial charge in [-0.15, -0.1) is 11.3 Å². The van der Waals surface area contributed by atoms with E-state index in [1.165, 1.54) is 47.0 Å². The number of sulfone groups is 1. The molecule has 1 aromatic heterocycles. The highest BCUT2D eigenvalue weighted by Crippen LogP contribution is 2.25. The van der Waals surface area contributed by atoms with Crippen LogP contribution in [-0.2, 0) is 26.4 Å². The van der Waals surface area contributed by atoms with Crippen molar-refractivity contribution in [2.24, 2.45) is 0 Å². The molecular weight excluding hydrogens is 380 g/mol. The Morgan fingerprint density at radius 2 is 1.68 bits per heavy atom. The number of fused-ring (bicyclic) bond motifs is 1. The number of aromatic nitrogens is 1. The molecule has 0 radical (unpaired) electrons. The molecule has 0 N–H and O–H groups in total. The standard InChI is InChI=1S/C16H16N2O4S3/c1-18(11-16-17-14-8-3-4-9-15(14)23-16)25(21,22)13-7-5-6-12(10-13)24(2,19)20/h3-10H,11H2,1-2H3. The van der Waals surface area contributed by atoms with Gasteiger partial charge in [-0.05, 0) is 30.3 Å². The molecule has 0 aliphatic heterocycles. The minimum Gasteiger partial charge on any atom is -0.240 e. The van der Waals surface area contributed by atoms with Crippen LogP contribution in [0.2, 0.25) is 0 Å². The molecule has 0 bridgehead atoms. The molecule has 0 spiro atoms. The average molecular weight is 397 g/mol. The van der Waals surface area contributed by atoms with Crippen LogP contribution in [-0.4, -0.2) is 39.4 Å². The lowest BCUT2D eigenvalue weighted by Crippen LogP contribution is -2.26. The van der Waals surface area contributed by atoms with Gasteiger partial charge in [0.15, 0.2) is 9.84 Å². The molecule has 2 aromatic carbocycles. The van der Waals surface area contributed by atoms with Gasteiger partial charge in [-0.2, -0.15) is 4.31 Å². The molecule has 3 rings (SSSR count). The van der Waals surface area contributed by atoms with Gasteiger partial charge in [0.05, 0.1) is 26.6 Å². The summed E-state index contributed by atoms with van der Waals surface area (Å²) >= 11 is 1.43. The fourth-order valence-corrected chi connectivity index (χ4v) is 5.33. The van der Waals surface area contributed by atoms with Crippen LogP contribution >= 0.6 is 11.3 Å². The van der Waals surface area contributed by atoms with Gasteiger partial charge < -0.3 is 0 Å². The molecule has 0 aliphatic rings. The first-order valence-corrected chi connectivity index (χ1v) is 11.4. The number of thiazole rings is 1. The van der Waals surface area contributed by atoms with Crippen LogP contribution in [0.15, 0.2) is 58.3 Å². The average Bonchev–Trinajstić information content (AvgIpc) is 2.96. The molecule has 6 nitrogen and oxygen atoms in total. The van der Waals surface area contributed by atoms with E-state index >= 15 is 0 Å². The number of sulfonamides is 1. The number of rotatable bonds is 5. The van der Waals surface area contributed by atoms with E-state index in [2.05, 4.69) is 4.98 Å². The zero-order chi connectivity index (χ0) is 18.2. The van der Waals surface area contributed by atoms with E-state index in [1.54, 1.807) is 0 Å². The molecule has 0 atom stereocenters. The maximum absolute atomic E-state index is 12.7. The van der Waals surface area contributed by atoms with Crippen LogP contribution in [0.4, 0.5) is 0 Å². The third kappa shape index (κ3) is 3.74. The van der Waals surface area contributed by atoms with Gasteiger partial charge in [0.2, 0.25) is 10.0 Å². The molecular formula is C16H16N2O4S3. The quantitative estimate of drug-likeness (QED) is 0.662. The summed E-state index contributed by atoms with van der Waals surface area (Å²) in [4.78, 5) is 4.35. The van der Waals surface area contributed by atoms with Crippen molar-refractivity contribution in [1.29, 1.82) is 0 Å². The molecule has 3 aromatic rings. The summed E-state index contributed by atoms with van der Waals surface area (Å²) in [5.41, 5.74) is 0.826. The lowest BCUT2D eigenvalue weighted by molar-refractivity contribution is 0.466. The molecule has 0 fully saturated rings. The topological polar surface area (TPSA) is 84.4 Å². The first-order chi connectivity index (χ1) is 11.7. The largest absolute Gasteiger partial charge is 0.243 e. The first kappa shape index (κ1) is 18.0. The Bertz CT molecular complexity index is 1100. The molecule has 0 aliphatic carbocycles. The summed E-state index contributed by atoms with van der Waals surface area (Å²) in [7, 11) is -5.85. The minimum absolute atomic E-state index is 0.0260. The Labute approximate surface area is 150 Å². The lowest BCUT2D eigenvalue weighted by atomic mass is 10.3. The number of para-hydroxylation sites is 1. The van der Waals surface area contributed by atoms with E-state index in [-0.39, 0.29) is 16.3 Å². The number of nitrogens with zero attached hydrogens (tertiary/aromatic N) is 2. The van der Waals surface area contributed by atoms with Crippen molar-refractivity contribution in [3.8, 4) is 0 Å². The van der Waals surface area contributed by atoms with Gasteiger partial charge in [-0.25, -0.2) is 21.8 Å². The molecule has 0 unspecified atom stereocenters. The molecule has 1 heterocycles. The SMILES string of the molecule is CN(Cc1nc2ccccc2s1)S(=O)(=O)c1cccc(S(C)(=O)=O)c1. The Balaban J connectivity index is 1.91. The summed E-state index contributed by atoms with van der Waals surface area (Å²) in [5, 5.41) is 0.673. The van der Waals surface area contributed by atoms with Gasteiger partial charge in [-0.3, -0.25) is 0 Å². The Morgan fingerprint density at radius 3 is 2.36 bits per heavy atom.